The molecule has 0 aromatic carbocycles. The summed E-state index contributed by atoms with van der Waals surface area (Å²) in [4.78, 5) is 14.3. The number of fused-ring (bicyclic) bond motifs is 1. The van der Waals surface area contributed by atoms with Crippen molar-refractivity contribution in [3.05, 3.63) is 27.0 Å². The summed E-state index contributed by atoms with van der Waals surface area (Å²) in [5.74, 6) is 0.521. The topological polar surface area (TPSA) is 46.5 Å². The van der Waals surface area contributed by atoms with E-state index >= 15 is 0 Å². The molecule has 1 fully saturated rings. The lowest BCUT2D eigenvalue weighted by Crippen LogP contribution is -2.31. The fourth-order valence-electron chi connectivity index (χ4n) is 4.18. The summed E-state index contributed by atoms with van der Waals surface area (Å²) in [7, 11) is 0. The van der Waals surface area contributed by atoms with Gasteiger partial charge >= 0.3 is 5.97 Å². The highest BCUT2D eigenvalue weighted by Gasteiger charge is 2.40. The van der Waals surface area contributed by atoms with Crippen LogP contribution < -0.4 is 0 Å². The van der Waals surface area contributed by atoms with Gasteiger partial charge in [-0.25, -0.2) is 4.79 Å². The Balaban J connectivity index is 2.08. The van der Waals surface area contributed by atoms with Crippen LogP contribution in [0, 0.1) is 25.7 Å². The van der Waals surface area contributed by atoms with Gasteiger partial charge in [0.15, 0.2) is 6.10 Å². The van der Waals surface area contributed by atoms with Gasteiger partial charge in [0.2, 0.25) is 0 Å². The van der Waals surface area contributed by atoms with Gasteiger partial charge in [-0.1, -0.05) is 6.08 Å². The third-order valence-electron chi connectivity index (χ3n) is 5.27. The average Bonchev–Trinajstić information content (AvgIpc) is 2.70. The van der Waals surface area contributed by atoms with E-state index < -0.39 is 17.7 Å². The van der Waals surface area contributed by atoms with Gasteiger partial charge in [0.05, 0.1) is 5.60 Å². The second-order valence-electron chi connectivity index (χ2n) is 8.13. The molecule has 3 nitrogen and oxygen atoms in total. The Hall–Kier alpha value is -1.13. The second-order valence-corrected chi connectivity index (χ2v) is 9.56. The molecular weight excluding hydrogens is 320 g/mol. The summed E-state index contributed by atoms with van der Waals surface area (Å²) in [5.41, 5.74) is 2.95. The first-order chi connectivity index (χ1) is 11.2. The van der Waals surface area contributed by atoms with Crippen LogP contribution in [0.15, 0.2) is 6.08 Å². The minimum absolute atomic E-state index is 0.497. The summed E-state index contributed by atoms with van der Waals surface area (Å²) >= 11 is 1.70. The fourth-order valence-corrected chi connectivity index (χ4v) is 5.29. The molecule has 3 atom stereocenters. The molecule has 1 heterocycles. The summed E-state index contributed by atoms with van der Waals surface area (Å²) < 4.78 is 5.97. The summed E-state index contributed by atoms with van der Waals surface area (Å²) in [5, 5.41) is 9.84. The van der Waals surface area contributed by atoms with Crippen molar-refractivity contribution in [3.63, 3.8) is 0 Å². The molecule has 1 aromatic heterocycles. The van der Waals surface area contributed by atoms with E-state index in [0.717, 1.165) is 22.8 Å². The van der Waals surface area contributed by atoms with Crippen molar-refractivity contribution < 1.29 is 14.6 Å². The fraction of sp³-hybridized carbons (Fsp3) is 0.650. The molecule has 0 amide bonds. The molecule has 3 unspecified atom stereocenters. The maximum atomic E-state index is 12.0. The van der Waals surface area contributed by atoms with Crippen LogP contribution in [-0.2, 0) is 9.53 Å². The smallest absolute Gasteiger partial charge is 0.337 e. The number of hydrogen-bond donors (Lipinski definition) is 1. The number of thiophene rings is 1. The first-order valence-electron chi connectivity index (χ1n) is 8.90. The van der Waals surface area contributed by atoms with E-state index in [0.29, 0.717) is 5.92 Å². The maximum Gasteiger partial charge on any atom is 0.337 e. The lowest BCUT2D eigenvalue weighted by molar-refractivity contribution is -0.160. The van der Waals surface area contributed by atoms with E-state index in [4.69, 9.17) is 4.74 Å². The Bertz CT molecular complexity index is 678. The molecule has 1 aromatic rings. The molecule has 1 N–H and O–H groups in total. The van der Waals surface area contributed by atoms with Gasteiger partial charge < -0.3 is 9.84 Å². The number of carboxylic acids is 1. The van der Waals surface area contributed by atoms with Gasteiger partial charge in [0.1, 0.15) is 0 Å². The zero-order valence-electron chi connectivity index (χ0n) is 15.3. The van der Waals surface area contributed by atoms with Gasteiger partial charge in [-0.05, 0) is 83.3 Å². The molecular formula is C20H28O3S. The Morgan fingerprint density at radius 3 is 2.50 bits per heavy atom. The molecule has 0 aliphatic heterocycles. The molecule has 0 bridgehead atoms. The Labute approximate surface area is 148 Å². The lowest BCUT2D eigenvalue weighted by Gasteiger charge is -2.42. The molecule has 0 spiro atoms. The minimum atomic E-state index is -0.897. The number of aryl methyl sites for hydroxylation is 2. The van der Waals surface area contributed by atoms with Crippen LogP contribution >= 0.6 is 11.3 Å². The van der Waals surface area contributed by atoms with E-state index in [1.54, 1.807) is 11.3 Å². The van der Waals surface area contributed by atoms with E-state index in [9.17, 15) is 9.90 Å². The van der Waals surface area contributed by atoms with Gasteiger partial charge in [-0.3, -0.25) is 0 Å². The average molecular weight is 349 g/mol. The Kier molecular flexibility index (Phi) is 4.65. The predicted molar refractivity (Wildman–Crippen MR) is 98.4 cm³/mol. The molecule has 0 saturated heterocycles. The third kappa shape index (κ3) is 3.18. The number of carbonyl (C=O) groups is 1. The molecule has 1 saturated carbocycles. The molecule has 2 aliphatic carbocycles. The van der Waals surface area contributed by atoms with Gasteiger partial charge in [0.25, 0.3) is 0 Å². The highest BCUT2D eigenvalue weighted by atomic mass is 32.1. The van der Waals surface area contributed by atoms with Crippen molar-refractivity contribution in [1.82, 2.24) is 0 Å². The highest BCUT2D eigenvalue weighted by molar-refractivity contribution is 7.12. The van der Waals surface area contributed by atoms with Crippen molar-refractivity contribution in [3.8, 4) is 0 Å². The summed E-state index contributed by atoms with van der Waals surface area (Å²) in [6.07, 6.45) is 6.41. The van der Waals surface area contributed by atoms with Crippen LogP contribution in [-0.4, -0.2) is 16.7 Å². The molecule has 2 aliphatic rings. The van der Waals surface area contributed by atoms with Crippen LogP contribution in [0.4, 0.5) is 0 Å². The Morgan fingerprint density at radius 1 is 1.25 bits per heavy atom. The SMILES string of the molecule is Cc1sc(C)c(C(OC(C)(C)C)C(=O)O)c1C1=CCCC2CCC12. The third-order valence-corrected chi connectivity index (χ3v) is 6.31. The van der Waals surface area contributed by atoms with Crippen molar-refractivity contribution in [2.24, 2.45) is 11.8 Å². The van der Waals surface area contributed by atoms with Crippen molar-refractivity contribution >= 4 is 22.9 Å². The quantitative estimate of drug-likeness (QED) is 0.780. The van der Waals surface area contributed by atoms with Crippen molar-refractivity contribution in [2.75, 3.05) is 0 Å². The van der Waals surface area contributed by atoms with Crippen LogP contribution in [0.25, 0.3) is 5.57 Å². The molecule has 132 valence electrons. The molecule has 4 heteroatoms. The van der Waals surface area contributed by atoms with Crippen LogP contribution in [0.5, 0.6) is 0 Å². The first kappa shape index (κ1) is 17.7. The minimum Gasteiger partial charge on any atom is -0.479 e. The predicted octanol–water partition coefficient (Wildman–Crippen LogP) is 5.51. The Morgan fingerprint density at radius 2 is 1.96 bits per heavy atom. The van der Waals surface area contributed by atoms with Gasteiger partial charge in [-0.15, -0.1) is 11.3 Å². The number of carboxylic acid groups (broad SMARTS) is 1. The van der Waals surface area contributed by atoms with E-state index in [1.807, 2.05) is 27.7 Å². The van der Waals surface area contributed by atoms with Crippen LogP contribution in [0.3, 0.4) is 0 Å². The molecule has 0 radical (unpaired) electrons. The number of allylic oxidation sites excluding steroid dienone is 2. The van der Waals surface area contributed by atoms with Gasteiger partial charge in [-0.2, -0.15) is 0 Å². The number of hydrogen-bond acceptors (Lipinski definition) is 3. The zero-order chi connectivity index (χ0) is 17.6. The lowest BCUT2D eigenvalue weighted by atomic mass is 9.63. The summed E-state index contributed by atoms with van der Waals surface area (Å²) in [6, 6.07) is 0. The highest BCUT2D eigenvalue weighted by Crippen LogP contribution is 2.52. The standard InChI is InChI=1S/C20H28O3S/c1-11-16(15-8-6-7-13-9-10-14(13)15)17(12(2)24-11)18(19(21)22)23-20(3,4)5/h8,13-14,18H,6-7,9-10H2,1-5H3,(H,21,22). The largest absolute Gasteiger partial charge is 0.479 e. The van der Waals surface area contributed by atoms with Crippen molar-refractivity contribution in [2.45, 2.75) is 72.0 Å². The number of aliphatic carboxylic acids is 1. The molecule has 24 heavy (non-hydrogen) atoms. The second kappa shape index (κ2) is 6.30. The normalized spacial score (nSPS) is 24.8. The zero-order valence-corrected chi connectivity index (χ0v) is 16.1. The van der Waals surface area contributed by atoms with Crippen LogP contribution in [0.2, 0.25) is 0 Å². The van der Waals surface area contributed by atoms with E-state index in [-0.39, 0.29) is 0 Å². The van der Waals surface area contributed by atoms with E-state index in [1.165, 1.54) is 35.3 Å². The van der Waals surface area contributed by atoms with Gasteiger partial charge in [0, 0.05) is 15.3 Å². The monoisotopic (exact) mass is 348 g/mol. The number of rotatable bonds is 4. The number of ether oxygens (including phenoxy) is 1. The maximum absolute atomic E-state index is 12.0. The summed E-state index contributed by atoms with van der Waals surface area (Å²) in [6.45, 7) is 9.90. The molecule has 3 rings (SSSR count). The van der Waals surface area contributed by atoms with E-state index in [2.05, 4.69) is 13.0 Å². The first-order valence-corrected chi connectivity index (χ1v) is 9.71. The van der Waals surface area contributed by atoms with Crippen LogP contribution in [0.1, 0.15) is 73.4 Å². The van der Waals surface area contributed by atoms with Crippen molar-refractivity contribution in [1.29, 1.82) is 0 Å².